The molecule has 4 heteroatoms. The van der Waals surface area contributed by atoms with Gasteiger partial charge in [-0.05, 0) is 37.7 Å². The molecule has 2 saturated heterocycles. The van der Waals surface area contributed by atoms with Crippen LogP contribution in [0, 0.1) is 0 Å². The Hall–Kier alpha value is -1.55. The highest BCUT2D eigenvalue weighted by Gasteiger charge is 2.48. The van der Waals surface area contributed by atoms with E-state index in [1.54, 1.807) is 0 Å². The van der Waals surface area contributed by atoms with Crippen molar-refractivity contribution in [3.63, 3.8) is 0 Å². The number of nitrogens with two attached hydrogens (primary N) is 1. The van der Waals surface area contributed by atoms with Crippen LogP contribution in [0.1, 0.15) is 6.42 Å². The van der Waals surface area contributed by atoms with Gasteiger partial charge in [0.2, 0.25) is 5.91 Å². The van der Waals surface area contributed by atoms with Gasteiger partial charge in [0, 0.05) is 17.9 Å². The molecule has 1 aromatic rings. The number of hydrogen-bond acceptors (Lipinski definition) is 3. The average molecular weight is 217 g/mol. The molecule has 1 aromatic carbocycles. The Bertz CT molecular complexity index is 428. The van der Waals surface area contributed by atoms with Crippen molar-refractivity contribution < 1.29 is 4.79 Å². The molecule has 84 valence electrons. The zero-order chi connectivity index (χ0) is 11.3. The Morgan fingerprint density at radius 3 is 2.56 bits per heavy atom. The van der Waals surface area contributed by atoms with Gasteiger partial charge in [0.25, 0.3) is 0 Å². The summed E-state index contributed by atoms with van der Waals surface area (Å²) < 4.78 is 0. The van der Waals surface area contributed by atoms with E-state index in [9.17, 15) is 4.79 Å². The van der Waals surface area contributed by atoms with E-state index in [4.69, 9.17) is 5.73 Å². The van der Waals surface area contributed by atoms with E-state index >= 15 is 0 Å². The molecule has 0 aliphatic carbocycles. The number of carbonyl (C=O) groups excluding carboxylic acids is 1. The minimum atomic E-state index is 0.0857. The molecule has 0 aromatic heterocycles. The zero-order valence-corrected chi connectivity index (χ0v) is 9.26. The van der Waals surface area contributed by atoms with Gasteiger partial charge in [-0.25, -0.2) is 0 Å². The second-order valence-electron chi connectivity index (χ2n) is 4.64. The number of benzene rings is 1. The molecule has 2 aliphatic heterocycles. The van der Waals surface area contributed by atoms with E-state index in [0.29, 0.717) is 6.04 Å². The highest BCUT2D eigenvalue weighted by atomic mass is 16.2. The van der Waals surface area contributed by atoms with Crippen molar-refractivity contribution in [3.8, 4) is 0 Å². The Balaban J connectivity index is 1.92. The number of fused-ring (bicyclic) bond motifs is 2. The van der Waals surface area contributed by atoms with Crippen molar-refractivity contribution >= 4 is 17.3 Å². The van der Waals surface area contributed by atoms with E-state index in [1.165, 1.54) is 0 Å². The van der Waals surface area contributed by atoms with Gasteiger partial charge in [-0.2, -0.15) is 0 Å². The van der Waals surface area contributed by atoms with Crippen LogP contribution < -0.4 is 10.6 Å². The maximum absolute atomic E-state index is 12.1. The molecule has 2 unspecified atom stereocenters. The Kier molecular flexibility index (Phi) is 1.94. The van der Waals surface area contributed by atoms with Crippen LogP contribution in [0.4, 0.5) is 11.4 Å². The number of anilines is 2. The van der Waals surface area contributed by atoms with Gasteiger partial charge >= 0.3 is 0 Å². The number of piperazine rings is 1. The number of likely N-dealkylation sites (N-methyl/N-ethyl adjacent to an activating group) is 1. The van der Waals surface area contributed by atoms with Crippen LogP contribution in [0.3, 0.4) is 0 Å². The standard InChI is InChI=1S/C12H15N3O/c1-14-7-10-6-11(14)12(16)15(10)9-4-2-8(13)3-5-9/h2-5,10-11H,6-7,13H2,1H3. The van der Waals surface area contributed by atoms with Gasteiger partial charge in [0.15, 0.2) is 0 Å². The first-order valence-electron chi connectivity index (χ1n) is 5.55. The summed E-state index contributed by atoms with van der Waals surface area (Å²) >= 11 is 0. The van der Waals surface area contributed by atoms with Crippen LogP contribution >= 0.6 is 0 Å². The topological polar surface area (TPSA) is 49.6 Å². The van der Waals surface area contributed by atoms with Gasteiger partial charge in [-0.1, -0.05) is 0 Å². The van der Waals surface area contributed by atoms with E-state index in [0.717, 1.165) is 24.3 Å². The summed E-state index contributed by atoms with van der Waals surface area (Å²) in [7, 11) is 2.02. The number of nitrogens with zero attached hydrogens (tertiary/aromatic N) is 2. The van der Waals surface area contributed by atoms with Crippen molar-refractivity contribution in [2.75, 3.05) is 24.2 Å². The molecule has 1 amide bonds. The lowest BCUT2D eigenvalue weighted by atomic mass is 10.2. The van der Waals surface area contributed by atoms with Crippen LogP contribution in [0.25, 0.3) is 0 Å². The maximum atomic E-state index is 12.1. The molecule has 0 radical (unpaired) electrons. The minimum absolute atomic E-state index is 0.0857. The quantitative estimate of drug-likeness (QED) is 0.704. The molecule has 4 nitrogen and oxygen atoms in total. The fourth-order valence-electron chi connectivity index (χ4n) is 2.76. The van der Waals surface area contributed by atoms with Gasteiger partial charge in [-0.15, -0.1) is 0 Å². The Labute approximate surface area is 94.6 Å². The summed E-state index contributed by atoms with van der Waals surface area (Å²) in [5.41, 5.74) is 7.35. The zero-order valence-electron chi connectivity index (χ0n) is 9.26. The Morgan fingerprint density at radius 2 is 2.00 bits per heavy atom. The molecule has 2 fully saturated rings. The summed E-state index contributed by atoms with van der Waals surface area (Å²) in [6.45, 7) is 0.973. The molecule has 2 bridgehead atoms. The predicted octanol–water partition coefficient (Wildman–Crippen LogP) is 0.688. The number of nitrogen functional groups attached to an aromatic ring is 1. The van der Waals surface area contributed by atoms with E-state index in [2.05, 4.69) is 4.90 Å². The Morgan fingerprint density at radius 1 is 1.31 bits per heavy atom. The molecule has 16 heavy (non-hydrogen) atoms. The van der Waals surface area contributed by atoms with Crippen LogP contribution in [0.15, 0.2) is 24.3 Å². The molecule has 2 heterocycles. The van der Waals surface area contributed by atoms with Crippen molar-refractivity contribution in [1.29, 1.82) is 0 Å². The van der Waals surface area contributed by atoms with Crippen LogP contribution in [-0.2, 0) is 4.79 Å². The summed E-state index contributed by atoms with van der Waals surface area (Å²) in [6.07, 6.45) is 0.958. The summed E-state index contributed by atoms with van der Waals surface area (Å²) in [5.74, 6) is 0.225. The fraction of sp³-hybridized carbons (Fsp3) is 0.417. The van der Waals surface area contributed by atoms with Crippen LogP contribution in [0.5, 0.6) is 0 Å². The second-order valence-corrected chi connectivity index (χ2v) is 4.64. The van der Waals surface area contributed by atoms with E-state index in [-0.39, 0.29) is 11.9 Å². The molecule has 3 rings (SSSR count). The monoisotopic (exact) mass is 217 g/mol. The fourth-order valence-corrected chi connectivity index (χ4v) is 2.76. The van der Waals surface area contributed by atoms with Gasteiger partial charge in [-0.3, -0.25) is 9.69 Å². The first-order chi connectivity index (χ1) is 7.66. The third kappa shape index (κ3) is 1.23. The predicted molar refractivity (Wildman–Crippen MR) is 63.2 cm³/mol. The third-order valence-electron chi connectivity index (χ3n) is 3.59. The highest BCUT2D eigenvalue weighted by molar-refractivity contribution is 6.01. The summed E-state index contributed by atoms with van der Waals surface area (Å²) in [4.78, 5) is 16.2. The second kappa shape index (κ2) is 3.22. The van der Waals surface area contributed by atoms with Crippen molar-refractivity contribution in [1.82, 2.24) is 4.90 Å². The van der Waals surface area contributed by atoms with Gasteiger partial charge in [0.05, 0.1) is 12.1 Å². The highest BCUT2D eigenvalue weighted by Crippen LogP contribution is 2.34. The lowest BCUT2D eigenvalue weighted by Gasteiger charge is -2.31. The average Bonchev–Trinajstić information content (AvgIpc) is 2.76. The number of hydrogen-bond donors (Lipinski definition) is 1. The molecule has 2 aliphatic rings. The summed E-state index contributed by atoms with van der Waals surface area (Å²) in [5, 5.41) is 0. The number of rotatable bonds is 1. The lowest BCUT2D eigenvalue weighted by Crippen LogP contribution is -2.48. The largest absolute Gasteiger partial charge is 0.399 e. The summed E-state index contributed by atoms with van der Waals surface area (Å²) in [6, 6.07) is 7.96. The maximum Gasteiger partial charge on any atom is 0.244 e. The first-order valence-corrected chi connectivity index (χ1v) is 5.55. The van der Waals surface area contributed by atoms with E-state index < -0.39 is 0 Å². The van der Waals surface area contributed by atoms with Gasteiger partial charge < -0.3 is 10.6 Å². The normalized spacial score (nSPS) is 29.1. The van der Waals surface area contributed by atoms with Gasteiger partial charge in [0.1, 0.15) is 0 Å². The molecule has 0 spiro atoms. The minimum Gasteiger partial charge on any atom is -0.399 e. The number of likely N-dealkylation sites (tertiary alicyclic amines) is 1. The molecular formula is C12H15N3O. The SMILES string of the molecule is CN1CC2CC1C(=O)N2c1ccc(N)cc1. The van der Waals surface area contributed by atoms with Crippen LogP contribution in [0.2, 0.25) is 0 Å². The van der Waals surface area contributed by atoms with Crippen molar-refractivity contribution in [2.45, 2.75) is 18.5 Å². The number of amides is 1. The molecule has 2 atom stereocenters. The molecule has 0 saturated carbocycles. The molecular weight excluding hydrogens is 202 g/mol. The lowest BCUT2D eigenvalue weighted by molar-refractivity contribution is -0.122. The van der Waals surface area contributed by atoms with Crippen LogP contribution in [-0.4, -0.2) is 36.5 Å². The number of carbonyl (C=O) groups is 1. The third-order valence-corrected chi connectivity index (χ3v) is 3.59. The van der Waals surface area contributed by atoms with Crippen molar-refractivity contribution in [3.05, 3.63) is 24.3 Å². The first kappa shape index (κ1) is 9.66. The van der Waals surface area contributed by atoms with Crippen molar-refractivity contribution in [2.24, 2.45) is 0 Å². The molecule has 2 N–H and O–H groups in total. The van der Waals surface area contributed by atoms with E-state index in [1.807, 2.05) is 36.2 Å². The smallest absolute Gasteiger partial charge is 0.244 e.